The van der Waals surface area contributed by atoms with Gasteiger partial charge >= 0.3 is 0 Å². The van der Waals surface area contributed by atoms with E-state index in [1.54, 1.807) is 41.3 Å². The number of carbonyl (C=O) groups is 1. The van der Waals surface area contributed by atoms with Gasteiger partial charge in [0.15, 0.2) is 0 Å². The van der Waals surface area contributed by atoms with Crippen molar-refractivity contribution in [3.63, 3.8) is 0 Å². The number of aryl methyl sites for hydroxylation is 1. The van der Waals surface area contributed by atoms with Crippen LogP contribution in [0.3, 0.4) is 0 Å². The van der Waals surface area contributed by atoms with Crippen LogP contribution in [0.5, 0.6) is 5.75 Å². The summed E-state index contributed by atoms with van der Waals surface area (Å²) in [6.45, 7) is 5.94. The third-order valence-corrected chi connectivity index (χ3v) is 6.12. The number of sulfonamides is 1. The van der Waals surface area contributed by atoms with Gasteiger partial charge in [-0.25, -0.2) is 8.42 Å². The summed E-state index contributed by atoms with van der Waals surface area (Å²) in [5.41, 5.74) is 0.684. The Morgan fingerprint density at radius 3 is 2.39 bits per heavy atom. The number of rotatable bonds is 8. The van der Waals surface area contributed by atoms with Gasteiger partial charge in [-0.3, -0.25) is 9.52 Å². The number of hydrogen-bond acceptors (Lipinski definition) is 5. The summed E-state index contributed by atoms with van der Waals surface area (Å²) in [7, 11) is -2.33. The van der Waals surface area contributed by atoms with Crippen LogP contribution in [0.25, 0.3) is 0 Å². The molecular weight excluding hydrogens is 416 g/mol. The van der Waals surface area contributed by atoms with E-state index in [9.17, 15) is 13.2 Å². The topological polar surface area (TPSA) is 88.8 Å². The SMILES string of the molecule is COc1ccc(NS(=O)(=O)c2cccc(C(=O)N(Cc3ccc(C)o3)C(C)C)c2)cc1. The lowest BCUT2D eigenvalue weighted by atomic mass is 10.1. The smallest absolute Gasteiger partial charge is 0.261 e. The maximum absolute atomic E-state index is 13.2. The molecule has 0 unspecified atom stereocenters. The summed E-state index contributed by atoms with van der Waals surface area (Å²) in [4.78, 5) is 14.8. The number of anilines is 1. The summed E-state index contributed by atoms with van der Waals surface area (Å²) in [5.74, 6) is 1.79. The zero-order valence-corrected chi connectivity index (χ0v) is 18.8. The number of amides is 1. The Morgan fingerprint density at radius 2 is 1.81 bits per heavy atom. The fraction of sp³-hybridized carbons (Fsp3) is 0.261. The molecule has 7 nitrogen and oxygen atoms in total. The van der Waals surface area contributed by atoms with Crippen molar-refractivity contribution in [1.29, 1.82) is 0 Å². The van der Waals surface area contributed by atoms with Gasteiger partial charge in [0.1, 0.15) is 17.3 Å². The number of carbonyl (C=O) groups excluding carboxylic acids is 1. The summed E-state index contributed by atoms with van der Waals surface area (Å²) < 4.78 is 38.9. The van der Waals surface area contributed by atoms with Gasteiger partial charge in [-0.1, -0.05) is 6.07 Å². The molecule has 1 aromatic heterocycles. The predicted molar refractivity (Wildman–Crippen MR) is 119 cm³/mol. The summed E-state index contributed by atoms with van der Waals surface area (Å²) in [6, 6.07) is 16.1. The van der Waals surface area contributed by atoms with Crippen molar-refractivity contribution in [2.75, 3.05) is 11.8 Å². The molecule has 31 heavy (non-hydrogen) atoms. The van der Waals surface area contributed by atoms with Gasteiger partial charge in [0.05, 0.1) is 18.6 Å². The number of furan rings is 1. The van der Waals surface area contributed by atoms with Crippen molar-refractivity contribution in [3.05, 3.63) is 77.7 Å². The Labute approximate surface area is 182 Å². The van der Waals surface area contributed by atoms with E-state index in [2.05, 4.69) is 4.72 Å². The lowest BCUT2D eigenvalue weighted by molar-refractivity contribution is 0.0675. The maximum Gasteiger partial charge on any atom is 0.261 e. The highest BCUT2D eigenvalue weighted by atomic mass is 32.2. The Morgan fingerprint density at radius 1 is 1.10 bits per heavy atom. The summed E-state index contributed by atoms with van der Waals surface area (Å²) in [5, 5.41) is 0. The van der Waals surface area contributed by atoms with E-state index in [0.717, 1.165) is 5.76 Å². The van der Waals surface area contributed by atoms with Gasteiger partial charge in [0, 0.05) is 17.3 Å². The highest BCUT2D eigenvalue weighted by Crippen LogP contribution is 2.21. The van der Waals surface area contributed by atoms with Crippen LogP contribution in [-0.4, -0.2) is 32.4 Å². The Bertz CT molecular complexity index is 1150. The molecule has 0 spiro atoms. The first-order chi connectivity index (χ1) is 14.7. The lowest BCUT2D eigenvalue weighted by Crippen LogP contribution is -2.36. The molecule has 3 rings (SSSR count). The van der Waals surface area contributed by atoms with Gasteiger partial charge in [-0.05, 0) is 75.4 Å². The van der Waals surface area contributed by atoms with Crippen molar-refractivity contribution in [2.45, 2.75) is 38.3 Å². The van der Waals surface area contributed by atoms with Crippen LogP contribution in [-0.2, 0) is 16.6 Å². The van der Waals surface area contributed by atoms with E-state index < -0.39 is 10.0 Å². The van der Waals surface area contributed by atoms with Gasteiger partial charge in [0.25, 0.3) is 15.9 Å². The molecule has 0 saturated heterocycles. The fourth-order valence-corrected chi connectivity index (χ4v) is 4.17. The number of nitrogens with zero attached hydrogens (tertiary/aromatic N) is 1. The van der Waals surface area contributed by atoms with Crippen LogP contribution >= 0.6 is 0 Å². The van der Waals surface area contributed by atoms with Gasteiger partial charge in [0.2, 0.25) is 0 Å². The third-order valence-electron chi connectivity index (χ3n) is 4.74. The quantitative estimate of drug-likeness (QED) is 0.557. The number of nitrogens with one attached hydrogen (secondary N) is 1. The molecule has 0 atom stereocenters. The fourth-order valence-electron chi connectivity index (χ4n) is 3.06. The molecule has 1 amide bonds. The van der Waals surface area contributed by atoms with Crippen molar-refractivity contribution < 1.29 is 22.4 Å². The van der Waals surface area contributed by atoms with Crippen molar-refractivity contribution in [2.24, 2.45) is 0 Å². The highest BCUT2D eigenvalue weighted by molar-refractivity contribution is 7.92. The standard InChI is InChI=1S/C23H26N2O5S/c1-16(2)25(15-21-11-8-17(3)30-21)23(26)18-6-5-7-22(14-18)31(27,28)24-19-9-12-20(29-4)13-10-19/h5-14,16,24H,15H2,1-4H3. The normalized spacial score (nSPS) is 11.4. The number of hydrogen-bond donors (Lipinski definition) is 1. The second kappa shape index (κ2) is 9.26. The lowest BCUT2D eigenvalue weighted by Gasteiger charge is -2.26. The second-order valence-corrected chi connectivity index (χ2v) is 9.08. The maximum atomic E-state index is 13.2. The van der Waals surface area contributed by atoms with Crippen molar-refractivity contribution >= 4 is 21.6 Å². The first-order valence-corrected chi connectivity index (χ1v) is 11.3. The van der Waals surface area contributed by atoms with E-state index in [-0.39, 0.29) is 22.4 Å². The van der Waals surface area contributed by atoms with Crippen LogP contribution in [0, 0.1) is 6.92 Å². The van der Waals surface area contributed by atoms with Crippen LogP contribution in [0.1, 0.15) is 35.7 Å². The van der Waals surface area contributed by atoms with E-state index in [0.29, 0.717) is 23.7 Å². The van der Waals surface area contributed by atoms with Gasteiger partial charge < -0.3 is 14.1 Å². The molecule has 0 saturated carbocycles. The largest absolute Gasteiger partial charge is 0.497 e. The Hall–Kier alpha value is -3.26. The number of ether oxygens (including phenoxy) is 1. The first-order valence-electron chi connectivity index (χ1n) is 9.83. The van der Waals surface area contributed by atoms with E-state index in [1.807, 2.05) is 32.9 Å². The minimum Gasteiger partial charge on any atom is -0.497 e. The monoisotopic (exact) mass is 442 g/mol. The summed E-state index contributed by atoms with van der Waals surface area (Å²) >= 11 is 0. The molecular formula is C23H26N2O5S. The third kappa shape index (κ3) is 5.46. The molecule has 2 aromatic carbocycles. The molecule has 3 aromatic rings. The van der Waals surface area contributed by atoms with Crippen LogP contribution < -0.4 is 9.46 Å². The predicted octanol–water partition coefficient (Wildman–Crippen LogP) is 4.45. The molecule has 0 radical (unpaired) electrons. The molecule has 1 heterocycles. The van der Waals surface area contributed by atoms with Crippen molar-refractivity contribution in [1.82, 2.24) is 4.90 Å². The molecule has 0 aliphatic carbocycles. The van der Waals surface area contributed by atoms with Crippen LogP contribution in [0.4, 0.5) is 5.69 Å². The molecule has 1 N–H and O–H groups in total. The minimum absolute atomic E-state index is 0.00622. The second-order valence-electron chi connectivity index (χ2n) is 7.40. The molecule has 164 valence electrons. The van der Waals surface area contributed by atoms with E-state index in [4.69, 9.17) is 9.15 Å². The average Bonchev–Trinajstić information content (AvgIpc) is 3.16. The molecule has 8 heteroatoms. The average molecular weight is 443 g/mol. The number of methoxy groups -OCH3 is 1. The molecule has 0 aliphatic heterocycles. The van der Waals surface area contributed by atoms with Gasteiger partial charge in [-0.15, -0.1) is 0 Å². The minimum atomic E-state index is -3.87. The number of benzene rings is 2. The zero-order chi connectivity index (χ0) is 22.6. The van der Waals surface area contributed by atoms with Crippen LogP contribution in [0.2, 0.25) is 0 Å². The van der Waals surface area contributed by atoms with E-state index >= 15 is 0 Å². The zero-order valence-electron chi connectivity index (χ0n) is 18.0. The molecule has 0 bridgehead atoms. The molecule has 0 aliphatic rings. The molecule has 0 fully saturated rings. The van der Waals surface area contributed by atoms with Gasteiger partial charge in [-0.2, -0.15) is 0 Å². The summed E-state index contributed by atoms with van der Waals surface area (Å²) in [6.07, 6.45) is 0. The van der Waals surface area contributed by atoms with Crippen LogP contribution in [0.15, 0.2) is 70.0 Å². The first kappa shape index (κ1) is 22.4. The Balaban J connectivity index is 1.83. The van der Waals surface area contributed by atoms with E-state index in [1.165, 1.54) is 19.2 Å². The Kier molecular flexibility index (Phi) is 6.70. The van der Waals surface area contributed by atoms with Crippen molar-refractivity contribution in [3.8, 4) is 5.75 Å². The highest BCUT2D eigenvalue weighted by Gasteiger charge is 2.23.